The average molecular weight is 259 g/mol. The zero-order valence-electron chi connectivity index (χ0n) is 10.5. The highest BCUT2D eigenvalue weighted by molar-refractivity contribution is 7.99. The first-order valence-corrected chi connectivity index (χ1v) is 7.17. The molecule has 0 amide bonds. The summed E-state index contributed by atoms with van der Waals surface area (Å²) in [5.41, 5.74) is 1.36. The van der Waals surface area contributed by atoms with Crippen molar-refractivity contribution in [3.8, 4) is 0 Å². The first-order valence-electron chi connectivity index (χ1n) is 6.35. The van der Waals surface area contributed by atoms with Gasteiger partial charge in [-0.25, -0.2) is 0 Å². The molecule has 0 spiro atoms. The van der Waals surface area contributed by atoms with E-state index in [0.29, 0.717) is 0 Å². The first kappa shape index (κ1) is 11.9. The Bertz CT molecular complexity index is 514. The predicted octanol–water partition coefficient (Wildman–Crippen LogP) is 3.99. The molecule has 0 unspecified atom stereocenters. The van der Waals surface area contributed by atoms with Crippen molar-refractivity contribution in [2.45, 2.75) is 42.1 Å². The van der Waals surface area contributed by atoms with E-state index in [9.17, 15) is 0 Å². The lowest BCUT2D eigenvalue weighted by atomic mass is 10.2. The lowest BCUT2D eigenvalue weighted by Crippen LogP contribution is -2.14. The van der Waals surface area contributed by atoms with Gasteiger partial charge in [-0.1, -0.05) is 23.9 Å². The highest BCUT2D eigenvalue weighted by atomic mass is 32.2. The van der Waals surface area contributed by atoms with Gasteiger partial charge >= 0.3 is 0 Å². The average Bonchev–Trinajstić information content (AvgIpc) is 3.13. The number of aryl methyl sites for hydroxylation is 1. The van der Waals surface area contributed by atoms with Crippen LogP contribution in [0.1, 0.15) is 24.2 Å². The number of rotatable bonds is 5. The summed E-state index contributed by atoms with van der Waals surface area (Å²) in [4.78, 5) is 2.45. The fraction of sp³-hybridized carbons (Fsp3) is 0.333. The Balaban J connectivity index is 1.61. The molecule has 18 heavy (non-hydrogen) atoms. The van der Waals surface area contributed by atoms with Crippen LogP contribution in [0.15, 0.2) is 50.8 Å². The summed E-state index contributed by atoms with van der Waals surface area (Å²) in [6.07, 6.45) is 4.42. The molecular formula is C15H17NOS. The SMILES string of the molecule is Cc1occc1Sc1ccc(CNC2CC2)cc1. The second kappa shape index (κ2) is 5.21. The zero-order chi connectivity index (χ0) is 12.4. The highest BCUT2D eigenvalue weighted by Gasteiger charge is 2.19. The van der Waals surface area contributed by atoms with E-state index in [1.54, 1.807) is 18.0 Å². The van der Waals surface area contributed by atoms with Gasteiger partial charge in [0.25, 0.3) is 0 Å². The molecule has 3 rings (SSSR count). The maximum Gasteiger partial charge on any atom is 0.114 e. The molecule has 1 aliphatic rings. The summed E-state index contributed by atoms with van der Waals surface area (Å²) in [5.74, 6) is 0.986. The third kappa shape index (κ3) is 2.98. The van der Waals surface area contributed by atoms with Gasteiger partial charge in [0.1, 0.15) is 5.76 Å². The normalized spacial score (nSPS) is 14.9. The molecule has 1 heterocycles. The van der Waals surface area contributed by atoms with Crippen LogP contribution >= 0.6 is 11.8 Å². The quantitative estimate of drug-likeness (QED) is 0.879. The van der Waals surface area contributed by atoms with Crippen LogP contribution in [0, 0.1) is 6.92 Å². The number of hydrogen-bond acceptors (Lipinski definition) is 3. The fourth-order valence-electron chi connectivity index (χ4n) is 1.83. The van der Waals surface area contributed by atoms with E-state index < -0.39 is 0 Å². The van der Waals surface area contributed by atoms with Gasteiger partial charge in [0.15, 0.2) is 0 Å². The van der Waals surface area contributed by atoms with Crippen molar-refractivity contribution >= 4 is 11.8 Å². The number of nitrogens with one attached hydrogen (secondary N) is 1. The lowest BCUT2D eigenvalue weighted by Gasteiger charge is -2.04. The van der Waals surface area contributed by atoms with Gasteiger partial charge in [0, 0.05) is 17.5 Å². The van der Waals surface area contributed by atoms with Gasteiger partial charge in [-0.3, -0.25) is 0 Å². The van der Waals surface area contributed by atoms with E-state index in [2.05, 4.69) is 29.6 Å². The van der Waals surface area contributed by atoms with Gasteiger partial charge in [0.2, 0.25) is 0 Å². The van der Waals surface area contributed by atoms with E-state index in [4.69, 9.17) is 4.42 Å². The second-order valence-electron chi connectivity index (χ2n) is 4.74. The summed E-state index contributed by atoms with van der Waals surface area (Å²) in [7, 11) is 0. The molecule has 0 radical (unpaired) electrons. The van der Waals surface area contributed by atoms with Crippen molar-refractivity contribution in [1.82, 2.24) is 5.32 Å². The molecule has 0 saturated heterocycles. The van der Waals surface area contributed by atoms with E-state index in [1.165, 1.54) is 28.2 Å². The van der Waals surface area contributed by atoms with E-state index in [-0.39, 0.29) is 0 Å². The molecule has 1 aromatic heterocycles. The van der Waals surface area contributed by atoms with Gasteiger partial charge < -0.3 is 9.73 Å². The van der Waals surface area contributed by atoms with Crippen LogP contribution in [0.4, 0.5) is 0 Å². The van der Waals surface area contributed by atoms with Crippen molar-refractivity contribution in [3.05, 3.63) is 47.9 Å². The van der Waals surface area contributed by atoms with Crippen LogP contribution < -0.4 is 5.32 Å². The van der Waals surface area contributed by atoms with E-state index in [1.807, 2.05) is 13.0 Å². The monoisotopic (exact) mass is 259 g/mol. The maximum absolute atomic E-state index is 5.30. The third-order valence-electron chi connectivity index (χ3n) is 3.13. The summed E-state index contributed by atoms with van der Waals surface area (Å²) in [5, 5.41) is 3.53. The Labute approximate surface area is 112 Å². The minimum atomic E-state index is 0.771. The van der Waals surface area contributed by atoms with Crippen LogP contribution in [-0.4, -0.2) is 6.04 Å². The first-order chi connectivity index (χ1) is 8.81. The van der Waals surface area contributed by atoms with Gasteiger partial charge in [-0.05, 0) is 43.5 Å². The lowest BCUT2D eigenvalue weighted by molar-refractivity contribution is 0.527. The van der Waals surface area contributed by atoms with Gasteiger partial charge in [-0.15, -0.1) is 0 Å². The molecule has 1 aromatic carbocycles. The van der Waals surface area contributed by atoms with E-state index >= 15 is 0 Å². The summed E-state index contributed by atoms with van der Waals surface area (Å²) in [6, 6.07) is 11.6. The summed E-state index contributed by atoms with van der Waals surface area (Å²) in [6.45, 7) is 2.98. The molecule has 1 aliphatic carbocycles. The fourth-order valence-corrected chi connectivity index (χ4v) is 2.67. The molecule has 2 nitrogen and oxygen atoms in total. The molecule has 0 atom stereocenters. The molecule has 0 bridgehead atoms. The summed E-state index contributed by atoms with van der Waals surface area (Å²) >= 11 is 1.75. The Morgan fingerprint density at radius 2 is 2.00 bits per heavy atom. The molecule has 2 aromatic rings. The van der Waals surface area contributed by atoms with Crippen LogP contribution in [0.3, 0.4) is 0 Å². The highest BCUT2D eigenvalue weighted by Crippen LogP contribution is 2.30. The molecular weight excluding hydrogens is 242 g/mol. The van der Waals surface area contributed by atoms with Crippen molar-refractivity contribution in [1.29, 1.82) is 0 Å². The number of benzene rings is 1. The number of hydrogen-bond donors (Lipinski definition) is 1. The Kier molecular flexibility index (Phi) is 3.43. The molecule has 1 N–H and O–H groups in total. The van der Waals surface area contributed by atoms with Gasteiger partial charge in [0.05, 0.1) is 11.2 Å². The topological polar surface area (TPSA) is 25.2 Å². The Morgan fingerprint density at radius 1 is 1.22 bits per heavy atom. The van der Waals surface area contributed by atoms with Crippen molar-refractivity contribution in [3.63, 3.8) is 0 Å². The molecule has 0 aliphatic heterocycles. The minimum Gasteiger partial charge on any atom is -0.468 e. The standard InChI is InChI=1S/C15H17NOS/c1-11-15(8-9-17-11)18-14-6-2-12(3-7-14)10-16-13-4-5-13/h2-3,6-9,13,16H,4-5,10H2,1H3. The van der Waals surface area contributed by atoms with Crippen molar-refractivity contribution in [2.75, 3.05) is 0 Å². The van der Waals surface area contributed by atoms with Gasteiger partial charge in [-0.2, -0.15) is 0 Å². The minimum absolute atomic E-state index is 0.771. The zero-order valence-corrected chi connectivity index (χ0v) is 11.3. The smallest absolute Gasteiger partial charge is 0.114 e. The largest absolute Gasteiger partial charge is 0.468 e. The van der Waals surface area contributed by atoms with Crippen molar-refractivity contribution < 1.29 is 4.42 Å². The second-order valence-corrected chi connectivity index (χ2v) is 5.86. The molecule has 1 fully saturated rings. The molecule has 3 heteroatoms. The molecule has 1 saturated carbocycles. The Morgan fingerprint density at radius 3 is 2.61 bits per heavy atom. The maximum atomic E-state index is 5.30. The van der Waals surface area contributed by atoms with Crippen LogP contribution in [0.5, 0.6) is 0 Å². The number of furan rings is 1. The third-order valence-corrected chi connectivity index (χ3v) is 4.29. The molecule has 94 valence electrons. The predicted molar refractivity (Wildman–Crippen MR) is 73.9 cm³/mol. The van der Waals surface area contributed by atoms with E-state index in [0.717, 1.165) is 18.3 Å². The van der Waals surface area contributed by atoms with Crippen LogP contribution in [-0.2, 0) is 6.54 Å². The van der Waals surface area contributed by atoms with Crippen LogP contribution in [0.2, 0.25) is 0 Å². The Hall–Kier alpha value is -1.19. The van der Waals surface area contributed by atoms with Crippen molar-refractivity contribution in [2.24, 2.45) is 0 Å². The van der Waals surface area contributed by atoms with Crippen LogP contribution in [0.25, 0.3) is 0 Å². The summed E-state index contributed by atoms with van der Waals surface area (Å²) < 4.78 is 5.30.